The molecule has 0 radical (unpaired) electrons. The minimum Gasteiger partial charge on any atom is -0.477 e. The van der Waals surface area contributed by atoms with Crippen LogP contribution in [0.4, 0.5) is 0 Å². The van der Waals surface area contributed by atoms with Gasteiger partial charge in [-0.1, -0.05) is 52.3 Å². The van der Waals surface area contributed by atoms with Gasteiger partial charge in [0.25, 0.3) is 5.91 Å². The number of fused-ring (bicyclic) bond motifs is 3. The fourth-order valence-electron chi connectivity index (χ4n) is 6.57. The molecule has 1 heterocycles. The Morgan fingerprint density at radius 1 is 1.19 bits per heavy atom. The highest BCUT2D eigenvalue weighted by atomic mass is 16.5. The first-order valence-electron chi connectivity index (χ1n) is 13.3. The quantitative estimate of drug-likeness (QED) is 0.486. The molecule has 0 bridgehead atoms. The largest absolute Gasteiger partial charge is 0.477 e. The average molecular weight is 493 g/mol. The SMILES string of the molecule is CCOc1ncccc1C(=O)OCC(=O)NCC1(C)CCCC2(C)c3ccc(C(C)C)cc3CCC12. The molecule has 1 amide bonds. The Bertz CT molecular complexity index is 1110. The molecule has 3 unspecified atom stereocenters. The molecule has 3 atom stereocenters. The lowest BCUT2D eigenvalue weighted by Gasteiger charge is -2.55. The number of carbonyl (C=O) groups excluding carboxylic acids is 2. The van der Waals surface area contributed by atoms with Gasteiger partial charge >= 0.3 is 5.97 Å². The maximum Gasteiger partial charge on any atom is 0.344 e. The van der Waals surface area contributed by atoms with Crippen molar-refractivity contribution in [3.8, 4) is 5.88 Å². The van der Waals surface area contributed by atoms with E-state index in [0.29, 0.717) is 25.0 Å². The Hall–Kier alpha value is -2.89. The summed E-state index contributed by atoms with van der Waals surface area (Å²) in [5, 5.41) is 3.07. The van der Waals surface area contributed by atoms with Crippen LogP contribution in [0.5, 0.6) is 5.88 Å². The van der Waals surface area contributed by atoms with Gasteiger partial charge in [-0.3, -0.25) is 4.79 Å². The molecule has 1 N–H and O–H groups in total. The van der Waals surface area contributed by atoms with E-state index in [0.717, 1.165) is 25.7 Å². The maximum atomic E-state index is 12.7. The van der Waals surface area contributed by atoms with E-state index in [2.05, 4.69) is 56.2 Å². The summed E-state index contributed by atoms with van der Waals surface area (Å²) in [6, 6.07) is 10.3. The second kappa shape index (κ2) is 10.6. The predicted octanol–water partition coefficient (Wildman–Crippen LogP) is 5.59. The Morgan fingerprint density at radius 2 is 2.00 bits per heavy atom. The number of hydrogen-bond donors (Lipinski definition) is 1. The standard InChI is InChI=1S/C30H40N2O4/c1-6-35-27-23(9-7-16-31-27)28(34)36-18-26(33)32-19-29(4)14-8-15-30(5)24-12-10-21(20(2)3)17-22(24)11-13-25(29)30/h7,9-10,12,16-17,20,25H,6,8,11,13-15,18-19H2,1-5H3,(H,32,33). The van der Waals surface area contributed by atoms with Crippen molar-refractivity contribution in [3.63, 3.8) is 0 Å². The highest BCUT2D eigenvalue weighted by Gasteiger charge is 2.51. The minimum absolute atomic E-state index is 0.00738. The first kappa shape index (κ1) is 26.2. The highest BCUT2D eigenvalue weighted by Crippen LogP contribution is 2.57. The van der Waals surface area contributed by atoms with Crippen LogP contribution in [0.3, 0.4) is 0 Å². The molecule has 0 saturated heterocycles. The van der Waals surface area contributed by atoms with Gasteiger partial charge in [0.05, 0.1) is 6.61 Å². The molecule has 4 rings (SSSR count). The molecule has 0 spiro atoms. The molecule has 194 valence electrons. The normalized spacial score (nSPS) is 25.0. The van der Waals surface area contributed by atoms with Crippen molar-refractivity contribution in [1.29, 1.82) is 0 Å². The summed E-state index contributed by atoms with van der Waals surface area (Å²) in [5.74, 6) is 0.352. The number of amides is 1. The summed E-state index contributed by atoms with van der Waals surface area (Å²) in [5.41, 5.74) is 4.74. The molecule has 6 nitrogen and oxygen atoms in total. The van der Waals surface area contributed by atoms with E-state index in [9.17, 15) is 9.59 Å². The number of ether oxygens (including phenoxy) is 2. The number of rotatable bonds is 8. The fraction of sp³-hybridized carbons (Fsp3) is 0.567. The van der Waals surface area contributed by atoms with E-state index in [1.54, 1.807) is 18.3 Å². The zero-order valence-electron chi connectivity index (χ0n) is 22.4. The molecule has 1 aromatic heterocycles. The smallest absolute Gasteiger partial charge is 0.344 e. The van der Waals surface area contributed by atoms with Gasteiger partial charge < -0.3 is 14.8 Å². The molecule has 2 aliphatic carbocycles. The highest BCUT2D eigenvalue weighted by molar-refractivity contribution is 5.93. The second-order valence-corrected chi connectivity index (χ2v) is 11.2. The molecule has 0 aliphatic heterocycles. The Balaban J connectivity index is 1.39. The first-order valence-corrected chi connectivity index (χ1v) is 13.3. The maximum absolute atomic E-state index is 12.7. The van der Waals surface area contributed by atoms with Gasteiger partial charge in [-0.25, -0.2) is 9.78 Å². The first-order chi connectivity index (χ1) is 17.2. The van der Waals surface area contributed by atoms with Gasteiger partial charge in [0.2, 0.25) is 5.88 Å². The van der Waals surface area contributed by atoms with Crippen LogP contribution in [0.2, 0.25) is 0 Å². The molecule has 2 aliphatic rings. The fourth-order valence-corrected chi connectivity index (χ4v) is 6.57. The number of aromatic nitrogens is 1. The van der Waals surface area contributed by atoms with Crippen LogP contribution >= 0.6 is 0 Å². The summed E-state index contributed by atoms with van der Waals surface area (Å²) in [4.78, 5) is 29.3. The van der Waals surface area contributed by atoms with Crippen molar-refractivity contribution in [2.45, 2.75) is 78.1 Å². The number of carbonyl (C=O) groups is 2. The summed E-state index contributed by atoms with van der Waals surface area (Å²) in [7, 11) is 0. The van der Waals surface area contributed by atoms with Crippen LogP contribution in [-0.4, -0.2) is 36.6 Å². The van der Waals surface area contributed by atoms with Gasteiger partial charge in [-0.15, -0.1) is 0 Å². The molecule has 6 heteroatoms. The van der Waals surface area contributed by atoms with E-state index < -0.39 is 5.97 Å². The van der Waals surface area contributed by atoms with Gasteiger partial charge in [0, 0.05) is 12.7 Å². The lowest BCUT2D eigenvalue weighted by atomic mass is 9.49. The zero-order chi connectivity index (χ0) is 25.9. The number of nitrogens with one attached hydrogen (secondary N) is 1. The van der Waals surface area contributed by atoms with E-state index >= 15 is 0 Å². The van der Waals surface area contributed by atoms with E-state index in [4.69, 9.17) is 9.47 Å². The van der Waals surface area contributed by atoms with Crippen molar-refractivity contribution in [1.82, 2.24) is 10.3 Å². The Morgan fingerprint density at radius 3 is 2.75 bits per heavy atom. The number of pyridine rings is 1. The summed E-state index contributed by atoms with van der Waals surface area (Å²) in [6.07, 6.45) is 7.18. The second-order valence-electron chi connectivity index (χ2n) is 11.2. The van der Waals surface area contributed by atoms with Crippen LogP contribution in [0.1, 0.15) is 93.3 Å². The van der Waals surface area contributed by atoms with E-state index in [1.165, 1.54) is 23.1 Å². The van der Waals surface area contributed by atoms with Crippen molar-refractivity contribution in [2.75, 3.05) is 19.8 Å². The van der Waals surface area contributed by atoms with Crippen LogP contribution < -0.4 is 10.1 Å². The lowest BCUT2D eigenvalue weighted by molar-refractivity contribution is -0.125. The van der Waals surface area contributed by atoms with Crippen LogP contribution in [0.25, 0.3) is 0 Å². The molecule has 36 heavy (non-hydrogen) atoms. The van der Waals surface area contributed by atoms with Crippen molar-refractivity contribution >= 4 is 11.9 Å². The summed E-state index contributed by atoms with van der Waals surface area (Å²) >= 11 is 0. The van der Waals surface area contributed by atoms with Crippen LogP contribution in [0.15, 0.2) is 36.5 Å². The Kier molecular flexibility index (Phi) is 7.72. The van der Waals surface area contributed by atoms with Gasteiger partial charge in [-0.2, -0.15) is 0 Å². The molecule has 1 fully saturated rings. The van der Waals surface area contributed by atoms with Crippen molar-refractivity contribution in [3.05, 3.63) is 58.8 Å². The minimum atomic E-state index is -0.609. The Labute approximate surface area is 215 Å². The summed E-state index contributed by atoms with van der Waals surface area (Å²) in [6.45, 7) is 11.7. The molecule has 2 aromatic rings. The third-order valence-corrected chi connectivity index (χ3v) is 8.46. The van der Waals surface area contributed by atoms with Gasteiger partial charge in [0.15, 0.2) is 6.61 Å². The number of esters is 1. The molecule has 1 saturated carbocycles. The third kappa shape index (κ3) is 5.14. The topological polar surface area (TPSA) is 77.5 Å². The molecule has 1 aromatic carbocycles. The number of hydrogen-bond acceptors (Lipinski definition) is 5. The monoisotopic (exact) mass is 492 g/mol. The summed E-state index contributed by atoms with van der Waals surface area (Å²) < 4.78 is 10.7. The molecular formula is C30H40N2O4. The van der Waals surface area contributed by atoms with Gasteiger partial charge in [0.1, 0.15) is 5.56 Å². The van der Waals surface area contributed by atoms with Crippen molar-refractivity contribution in [2.24, 2.45) is 11.3 Å². The van der Waals surface area contributed by atoms with Gasteiger partial charge in [-0.05, 0) is 84.1 Å². The van der Waals surface area contributed by atoms with E-state index in [1.807, 2.05) is 6.92 Å². The number of aryl methyl sites for hydroxylation is 1. The number of nitrogens with zero attached hydrogens (tertiary/aromatic N) is 1. The molecular weight excluding hydrogens is 452 g/mol. The van der Waals surface area contributed by atoms with E-state index in [-0.39, 0.29) is 34.8 Å². The average Bonchev–Trinajstić information content (AvgIpc) is 2.86. The number of benzene rings is 1. The van der Waals surface area contributed by atoms with Crippen molar-refractivity contribution < 1.29 is 19.1 Å². The third-order valence-electron chi connectivity index (χ3n) is 8.46. The van der Waals surface area contributed by atoms with Crippen LogP contribution in [-0.2, 0) is 21.4 Å². The zero-order valence-corrected chi connectivity index (χ0v) is 22.4. The van der Waals surface area contributed by atoms with Crippen LogP contribution in [0, 0.1) is 11.3 Å². The lowest BCUT2D eigenvalue weighted by Crippen LogP contribution is -2.53. The predicted molar refractivity (Wildman–Crippen MR) is 140 cm³/mol.